The molecule has 5 rings (SSSR count). The summed E-state index contributed by atoms with van der Waals surface area (Å²) in [5.41, 5.74) is 2.76. The van der Waals surface area contributed by atoms with Gasteiger partial charge in [-0.05, 0) is 74.5 Å². The van der Waals surface area contributed by atoms with Gasteiger partial charge in [0.2, 0.25) is 5.91 Å². The van der Waals surface area contributed by atoms with Crippen LogP contribution in [0.2, 0.25) is 0 Å². The van der Waals surface area contributed by atoms with E-state index in [0.29, 0.717) is 12.5 Å². The monoisotopic (exact) mass is 463 g/mol. The van der Waals surface area contributed by atoms with Crippen LogP contribution in [0.4, 0.5) is 5.69 Å². The molecule has 6 heteroatoms. The summed E-state index contributed by atoms with van der Waals surface area (Å²) in [6.07, 6.45) is 3.33. The molecule has 2 aromatic rings. The number of ether oxygens (including phenoxy) is 2. The summed E-state index contributed by atoms with van der Waals surface area (Å²) in [6, 6.07) is 16.8. The van der Waals surface area contributed by atoms with Crippen LogP contribution in [0.15, 0.2) is 48.5 Å². The Labute approximate surface area is 203 Å². The summed E-state index contributed by atoms with van der Waals surface area (Å²) >= 11 is 0. The zero-order chi connectivity index (χ0) is 23.5. The van der Waals surface area contributed by atoms with E-state index in [1.807, 2.05) is 13.0 Å². The van der Waals surface area contributed by atoms with Crippen molar-refractivity contribution in [2.45, 2.75) is 32.7 Å². The Morgan fingerprint density at radius 2 is 1.71 bits per heavy atom. The average Bonchev–Trinajstić information content (AvgIpc) is 3.59. The lowest BCUT2D eigenvalue weighted by Gasteiger charge is -2.37. The van der Waals surface area contributed by atoms with Crippen LogP contribution in [0.1, 0.15) is 31.7 Å². The second-order valence-corrected chi connectivity index (χ2v) is 9.96. The predicted molar refractivity (Wildman–Crippen MR) is 134 cm³/mol. The highest BCUT2D eigenvalue weighted by Gasteiger charge is 2.59. The number of hydrogen-bond acceptors (Lipinski definition) is 5. The number of benzene rings is 2. The highest BCUT2D eigenvalue weighted by Crippen LogP contribution is 2.60. The Bertz CT molecular complexity index is 980. The lowest BCUT2D eigenvalue weighted by Crippen LogP contribution is -2.50. The van der Waals surface area contributed by atoms with Gasteiger partial charge in [-0.15, -0.1) is 0 Å². The predicted octanol–water partition coefficient (Wildman–Crippen LogP) is 4.04. The molecule has 1 saturated carbocycles. The third-order valence-electron chi connectivity index (χ3n) is 7.99. The molecule has 1 spiro atoms. The second-order valence-electron chi connectivity index (χ2n) is 9.96. The first-order chi connectivity index (χ1) is 16.6. The van der Waals surface area contributed by atoms with E-state index in [4.69, 9.17) is 9.47 Å². The Balaban J connectivity index is 1.11. The van der Waals surface area contributed by atoms with Crippen LogP contribution in [0.5, 0.6) is 11.5 Å². The fourth-order valence-electron chi connectivity index (χ4n) is 5.80. The maximum absolute atomic E-state index is 13.3. The van der Waals surface area contributed by atoms with Crippen LogP contribution in [-0.2, 0) is 11.3 Å². The molecule has 0 aromatic heterocycles. The van der Waals surface area contributed by atoms with Crippen molar-refractivity contribution in [1.82, 2.24) is 9.80 Å². The quantitative estimate of drug-likeness (QED) is 0.620. The van der Waals surface area contributed by atoms with Crippen LogP contribution in [-0.4, -0.2) is 68.7 Å². The number of rotatable bonds is 7. The molecule has 1 aliphatic carbocycles. The van der Waals surface area contributed by atoms with E-state index < -0.39 is 0 Å². The first kappa shape index (κ1) is 23.0. The van der Waals surface area contributed by atoms with Gasteiger partial charge in [-0.25, -0.2) is 0 Å². The smallest absolute Gasteiger partial charge is 0.226 e. The number of para-hydroxylation sites is 1. The third-order valence-corrected chi connectivity index (χ3v) is 7.99. The van der Waals surface area contributed by atoms with Gasteiger partial charge in [-0.2, -0.15) is 0 Å². The Hall–Kier alpha value is -2.73. The number of carbonyl (C=O) groups excluding carboxylic acids is 1. The average molecular weight is 464 g/mol. The summed E-state index contributed by atoms with van der Waals surface area (Å²) in [4.78, 5) is 20.3. The number of anilines is 1. The Morgan fingerprint density at radius 3 is 2.38 bits per heavy atom. The molecule has 1 amide bonds. The lowest BCUT2D eigenvalue weighted by atomic mass is 9.90. The molecule has 3 aliphatic rings. The summed E-state index contributed by atoms with van der Waals surface area (Å²) < 4.78 is 11.2. The van der Waals surface area contributed by atoms with E-state index in [9.17, 15) is 4.79 Å². The molecule has 0 bridgehead atoms. The number of likely N-dealkylation sites (tertiary alicyclic amines) is 1. The molecule has 3 fully saturated rings. The second kappa shape index (κ2) is 9.87. The van der Waals surface area contributed by atoms with E-state index in [2.05, 4.69) is 57.2 Å². The molecule has 182 valence electrons. The minimum Gasteiger partial charge on any atom is -0.493 e. The summed E-state index contributed by atoms with van der Waals surface area (Å²) in [6.45, 7) is 9.18. The molecule has 2 aromatic carbocycles. The summed E-state index contributed by atoms with van der Waals surface area (Å²) in [5.74, 6) is 2.24. The standard InChI is InChI=1S/C28H37N3O3/c1-3-34-26-19-22(9-10-25(26)33-2)21-29-13-11-28(12-14-29)20-24(28)27(32)31-17-15-30(16-18-31)23-7-5-4-6-8-23/h4-10,19,24H,3,11-18,20-21H2,1-2H3. The summed E-state index contributed by atoms with van der Waals surface area (Å²) in [5, 5.41) is 0. The van der Waals surface area contributed by atoms with Gasteiger partial charge in [0.05, 0.1) is 13.7 Å². The summed E-state index contributed by atoms with van der Waals surface area (Å²) in [7, 11) is 1.68. The zero-order valence-electron chi connectivity index (χ0n) is 20.5. The first-order valence-electron chi connectivity index (χ1n) is 12.7. The van der Waals surface area contributed by atoms with Gasteiger partial charge in [-0.3, -0.25) is 9.69 Å². The van der Waals surface area contributed by atoms with Crippen molar-refractivity contribution in [3.05, 3.63) is 54.1 Å². The minimum absolute atomic E-state index is 0.239. The van der Waals surface area contributed by atoms with Crippen molar-refractivity contribution in [2.24, 2.45) is 11.3 Å². The van der Waals surface area contributed by atoms with Gasteiger partial charge in [0.15, 0.2) is 11.5 Å². The molecule has 1 atom stereocenters. The minimum atomic E-state index is 0.239. The fourth-order valence-corrected chi connectivity index (χ4v) is 5.80. The van der Waals surface area contributed by atoms with Crippen LogP contribution in [0.3, 0.4) is 0 Å². The van der Waals surface area contributed by atoms with Crippen molar-refractivity contribution in [2.75, 3.05) is 57.9 Å². The number of amides is 1. The number of piperidine rings is 1. The van der Waals surface area contributed by atoms with E-state index in [-0.39, 0.29) is 11.3 Å². The van der Waals surface area contributed by atoms with Crippen molar-refractivity contribution >= 4 is 11.6 Å². The maximum atomic E-state index is 13.3. The number of piperazine rings is 1. The van der Waals surface area contributed by atoms with Gasteiger partial charge in [-0.1, -0.05) is 24.3 Å². The van der Waals surface area contributed by atoms with Crippen LogP contribution < -0.4 is 14.4 Å². The van der Waals surface area contributed by atoms with Crippen molar-refractivity contribution < 1.29 is 14.3 Å². The number of nitrogens with zero attached hydrogens (tertiary/aromatic N) is 3. The number of carbonyl (C=O) groups is 1. The van der Waals surface area contributed by atoms with Gasteiger partial charge >= 0.3 is 0 Å². The molecule has 2 aliphatic heterocycles. The molecule has 0 N–H and O–H groups in total. The SMILES string of the molecule is CCOc1cc(CN2CCC3(CC2)CC3C(=O)N2CCN(c3ccccc3)CC2)ccc1OC. The molecule has 2 saturated heterocycles. The van der Waals surface area contributed by atoms with Gasteiger partial charge in [0.25, 0.3) is 0 Å². The molecule has 6 nitrogen and oxygen atoms in total. The van der Waals surface area contributed by atoms with E-state index in [0.717, 1.165) is 76.6 Å². The molecular weight excluding hydrogens is 426 g/mol. The molecule has 34 heavy (non-hydrogen) atoms. The fraction of sp³-hybridized carbons (Fsp3) is 0.536. The molecule has 1 unspecified atom stereocenters. The van der Waals surface area contributed by atoms with Gasteiger partial charge < -0.3 is 19.3 Å². The topological polar surface area (TPSA) is 45.2 Å². The van der Waals surface area contributed by atoms with Gasteiger partial charge in [0.1, 0.15) is 0 Å². The van der Waals surface area contributed by atoms with Crippen LogP contribution in [0.25, 0.3) is 0 Å². The van der Waals surface area contributed by atoms with E-state index >= 15 is 0 Å². The molecule has 2 heterocycles. The highest BCUT2D eigenvalue weighted by molar-refractivity contribution is 5.83. The first-order valence-corrected chi connectivity index (χ1v) is 12.7. The van der Waals surface area contributed by atoms with Crippen molar-refractivity contribution in [3.63, 3.8) is 0 Å². The number of methoxy groups -OCH3 is 1. The molecule has 0 radical (unpaired) electrons. The van der Waals surface area contributed by atoms with Gasteiger partial charge in [0, 0.05) is 44.3 Å². The highest BCUT2D eigenvalue weighted by atomic mass is 16.5. The Morgan fingerprint density at radius 1 is 0.971 bits per heavy atom. The van der Waals surface area contributed by atoms with Crippen LogP contribution in [0, 0.1) is 11.3 Å². The normalized spacial score (nSPS) is 22.0. The van der Waals surface area contributed by atoms with E-state index in [1.54, 1.807) is 7.11 Å². The van der Waals surface area contributed by atoms with Crippen LogP contribution >= 0.6 is 0 Å². The Kier molecular flexibility index (Phi) is 6.68. The lowest BCUT2D eigenvalue weighted by molar-refractivity contribution is -0.134. The van der Waals surface area contributed by atoms with Crippen molar-refractivity contribution in [1.29, 1.82) is 0 Å². The zero-order valence-corrected chi connectivity index (χ0v) is 20.5. The van der Waals surface area contributed by atoms with E-state index in [1.165, 1.54) is 11.3 Å². The van der Waals surface area contributed by atoms with Crippen molar-refractivity contribution in [3.8, 4) is 11.5 Å². The maximum Gasteiger partial charge on any atom is 0.226 e. The third kappa shape index (κ3) is 4.74. The molecular formula is C28H37N3O3. The largest absolute Gasteiger partial charge is 0.493 e. The number of hydrogen-bond donors (Lipinski definition) is 0.